The fraction of sp³-hybridized carbons (Fsp3) is 0.333. The van der Waals surface area contributed by atoms with E-state index in [1.807, 2.05) is 0 Å². The molecule has 0 saturated carbocycles. The highest BCUT2D eigenvalue weighted by molar-refractivity contribution is 9.10. The van der Waals surface area contributed by atoms with Gasteiger partial charge in [0, 0.05) is 10.2 Å². The number of thiol groups is 1. The Morgan fingerprint density at radius 1 is 1.43 bits per heavy atom. The van der Waals surface area contributed by atoms with Crippen molar-refractivity contribution in [2.75, 3.05) is 5.75 Å². The maximum Gasteiger partial charge on any atom is 0.107 e. The van der Waals surface area contributed by atoms with Gasteiger partial charge in [-0.1, -0.05) is 23.7 Å². The zero-order chi connectivity index (χ0) is 10.7. The largest absolute Gasteiger partial charge is 0.389 e. The van der Waals surface area contributed by atoms with Gasteiger partial charge >= 0.3 is 0 Å². The molecule has 2 atom stereocenters. The maximum atomic E-state index is 9.71. The molecule has 0 radical (unpaired) electrons. The van der Waals surface area contributed by atoms with Crippen molar-refractivity contribution in [1.82, 2.24) is 0 Å². The van der Waals surface area contributed by atoms with E-state index in [1.54, 1.807) is 18.2 Å². The van der Waals surface area contributed by atoms with Gasteiger partial charge in [-0.2, -0.15) is 12.6 Å². The number of halogens is 2. The van der Waals surface area contributed by atoms with Crippen LogP contribution in [0.5, 0.6) is 0 Å². The van der Waals surface area contributed by atoms with Crippen molar-refractivity contribution < 1.29 is 10.2 Å². The van der Waals surface area contributed by atoms with E-state index in [1.165, 1.54) is 0 Å². The summed E-state index contributed by atoms with van der Waals surface area (Å²) in [6.07, 6.45) is -1.87. The number of aliphatic hydroxyl groups excluding tert-OH is 2. The van der Waals surface area contributed by atoms with Crippen molar-refractivity contribution in [3.05, 3.63) is 33.3 Å². The molecule has 0 aliphatic carbocycles. The number of benzene rings is 1. The smallest absolute Gasteiger partial charge is 0.107 e. The van der Waals surface area contributed by atoms with Gasteiger partial charge in [-0.15, -0.1) is 0 Å². The minimum absolute atomic E-state index is 0.195. The Morgan fingerprint density at radius 2 is 2.07 bits per heavy atom. The summed E-state index contributed by atoms with van der Waals surface area (Å²) in [6.45, 7) is 0. The Labute approximate surface area is 101 Å². The van der Waals surface area contributed by atoms with Crippen molar-refractivity contribution in [2.24, 2.45) is 0 Å². The molecule has 0 bridgehead atoms. The third-order valence-corrected chi connectivity index (χ3v) is 3.65. The second kappa shape index (κ2) is 5.37. The Kier molecular flexibility index (Phi) is 4.73. The number of hydrogen-bond donors (Lipinski definition) is 3. The highest BCUT2D eigenvalue weighted by Gasteiger charge is 2.19. The highest BCUT2D eigenvalue weighted by Crippen LogP contribution is 2.31. The van der Waals surface area contributed by atoms with E-state index in [0.717, 1.165) is 0 Å². The zero-order valence-corrected chi connectivity index (χ0v) is 10.4. The molecule has 0 aliphatic heterocycles. The normalized spacial score (nSPS) is 15.2. The zero-order valence-electron chi connectivity index (χ0n) is 7.19. The molecule has 2 unspecified atom stereocenters. The van der Waals surface area contributed by atoms with Crippen LogP contribution in [0.15, 0.2) is 22.7 Å². The summed E-state index contributed by atoms with van der Waals surface area (Å²) < 4.78 is 0.606. The van der Waals surface area contributed by atoms with Crippen LogP contribution in [0.1, 0.15) is 11.7 Å². The fourth-order valence-electron chi connectivity index (χ4n) is 1.06. The third kappa shape index (κ3) is 2.64. The number of rotatable bonds is 3. The van der Waals surface area contributed by atoms with E-state index in [-0.39, 0.29) is 5.75 Å². The molecule has 1 rings (SSSR count). The van der Waals surface area contributed by atoms with E-state index < -0.39 is 12.2 Å². The minimum Gasteiger partial charge on any atom is -0.389 e. The Balaban J connectivity index is 3.01. The van der Waals surface area contributed by atoms with Gasteiger partial charge in [0.25, 0.3) is 0 Å². The van der Waals surface area contributed by atoms with E-state index in [9.17, 15) is 10.2 Å². The first-order valence-corrected chi connectivity index (χ1v) is 5.79. The Hall–Kier alpha value is 0.260. The van der Waals surface area contributed by atoms with E-state index >= 15 is 0 Å². The van der Waals surface area contributed by atoms with Crippen LogP contribution in [0.4, 0.5) is 0 Å². The Bertz CT molecular complexity index is 322. The molecule has 1 aromatic rings. The van der Waals surface area contributed by atoms with Gasteiger partial charge in [0.15, 0.2) is 0 Å². The van der Waals surface area contributed by atoms with Crippen LogP contribution in [0.25, 0.3) is 0 Å². The van der Waals surface area contributed by atoms with Crippen LogP contribution in [0, 0.1) is 0 Å². The number of hydrogen-bond acceptors (Lipinski definition) is 3. The molecule has 0 saturated heterocycles. The molecule has 1 aromatic carbocycles. The molecule has 0 amide bonds. The monoisotopic (exact) mass is 296 g/mol. The quantitative estimate of drug-likeness (QED) is 0.750. The fourth-order valence-corrected chi connectivity index (χ4v) is 1.94. The van der Waals surface area contributed by atoms with Crippen molar-refractivity contribution in [3.63, 3.8) is 0 Å². The molecule has 14 heavy (non-hydrogen) atoms. The molecule has 0 aliphatic rings. The molecule has 0 spiro atoms. The maximum absolute atomic E-state index is 9.71. The predicted octanol–water partition coefficient (Wildman–Crippen LogP) is 2.43. The SMILES string of the molecule is OC(CS)C(O)c1cccc(Cl)c1Br. The van der Waals surface area contributed by atoms with Gasteiger partial charge in [0.05, 0.1) is 11.1 Å². The topological polar surface area (TPSA) is 40.5 Å². The van der Waals surface area contributed by atoms with Crippen LogP contribution < -0.4 is 0 Å². The summed E-state index contributed by atoms with van der Waals surface area (Å²) in [4.78, 5) is 0. The first kappa shape index (κ1) is 12.3. The first-order valence-electron chi connectivity index (χ1n) is 3.98. The van der Waals surface area contributed by atoms with Crippen LogP contribution in [0.3, 0.4) is 0 Å². The lowest BCUT2D eigenvalue weighted by Gasteiger charge is -2.17. The predicted molar refractivity (Wildman–Crippen MR) is 64.0 cm³/mol. The van der Waals surface area contributed by atoms with Gasteiger partial charge in [-0.3, -0.25) is 0 Å². The summed E-state index contributed by atoms with van der Waals surface area (Å²) in [6, 6.07) is 5.12. The first-order chi connectivity index (χ1) is 6.57. The van der Waals surface area contributed by atoms with Crippen molar-refractivity contribution in [3.8, 4) is 0 Å². The molecular weight excluding hydrogens is 288 g/mol. The summed E-state index contributed by atoms with van der Waals surface area (Å²) in [5, 5.41) is 19.6. The van der Waals surface area contributed by atoms with Crippen LogP contribution >= 0.6 is 40.2 Å². The molecule has 5 heteroatoms. The summed E-state index contributed by atoms with van der Waals surface area (Å²) in [5.41, 5.74) is 0.569. The summed E-state index contributed by atoms with van der Waals surface area (Å²) in [5.74, 6) is 0.195. The molecule has 2 N–H and O–H groups in total. The van der Waals surface area contributed by atoms with E-state index in [0.29, 0.717) is 15.1 Å². The van der Waals surface area contributed by atoms with Gasteiger partial charge in [0.1, 0.15) is 6.10 Å². The average Bonchev–Trinajstić information content (AvgIpc) is 2.20. The summed E-state index contributed by atoms with van der Waals surface area (Å²) in [7, 11) is 0. The second-order valence-corrected chi connectivity index (χ2v) is 4.40. The standard InChI is InChI=1S/C9H10BrClO2S/c10-8-5(2-1-3-6(8)11)9(13)7(12)4-14/h1-3,7,9,12-14H,4H2. The molecular formula is C9H10BrClO2S. The lowest BCUT2D eigenvalue weighted by molar-refractivity contribution is 0.0333. The van der Waals surface area contributed by atoms with Crippen LogP contribution in [-0.4, -0.2) is 22.1 Å². The van der Waals surface area contributed by atoms with Gasteiger partial charge in [0.2, 0.25) is 0 Å². The molecule has 0 heterocycles. The summed E-state index contributed by atoms with van der Waals surface area (Å²) >= 11 is 13.0. The van der Waals surface area contributed by atoms with E-state index in [2.05, 4.69) is 28.6 Å². The van der Waals surface area contributed by atoms with Crippen molar-refractivity contribution in [1.29, 1.82) is 0 Å². The van der Waals surface area contributed by atoms with Crippen molar-refractivity contribution in [2.45, 2.75) is 12.2 Å². The minimum atomic E-state index is -0.972. The van der Waals surface area contributed by atoms with Crippen LogP contribution in [-0.2, 0) is 0 Å². The Morgan fingerprint density at radius 3 is 2.64 bits per heavy atom. The lowest BCUT2D eigenvalue weighted by Crippen LogP contribution is -2.20. The van der Waals surface area contributed by atoms with Gasteiger partial charge in [-0.25, -0.2) is 0 Å². The van der Waals surface area contributed by atoms with Crippen molar-refractivity contribution >= 4 is 40.2 Å². The number of aliphatic hydroxyl groups is 2. The molecule has 0 fully saturated rings. The molecule has 0 aromatic heterocycles. The van der Waals surface area contributed by atoms with Crippen LogP contribution in [0.2, 0.25) is 5.02 Å². The molecule has 2 nitrogen and oxygen atoms in total. The third-order valence-electron chi connectivity index (χ3n) is 1.85. The molecule has 78 valence electrons. The van der Waals surface area contributed by atoms with Gasteiger partial charge in [-0.05, 0) is 27.6 Å². The average molecular weight is 298 g/mol. The van der Waals surface area contributed by atoms with E-state index in [4.69, 9.17) is 11.6 Å². The highest BCUT2D eigenvalue weighted by atomic mass is 79.9. The lowest BCUT2D eigenvalue weighted by atomic mass is 10.1. The second-order valence-electron chi connectivity index (χ2n) is 2.84. The van der Waals surface area contributed by atoms with Gasteiger partial charge < -0.3 is 10.2 Å².